The van der Waals surface area contributed by atoms with Gasteiger partial charge in [-0.15, -0.1) is 0 Å². The van der Waals surface area contributed by atoms with Crippen molar-refractivity contribution in [3.8, 4) is 0 Å². The lowest BCUT2D eigenvalue weighted by Gasteiger charge is -2.11. The van der Waals surface area contributed by atoms with Gasteiger partial charge < -0.3 is 5.32 Å². The second-order valence-corrected chi connectivity index (χ2v) is 4.71. The Morgan fingerprint density at radius 2 is 2.06 bits per heavy atom. The van der Waals surface area contributed by atoms with E-state index in [2.05, 4.69) is 53.9 Å². The van der Waals surface area contributed by atoms with Gasteiger partial charge in [0, 0.05) is 24.8 Å². The third-order valence-corrected chi connectivity index (χ3v) is 3.16. The zero-order chi connectivity index (χ0) is 12.8. The van der Waals surface area contributed by atoms with Crippen molar-refractivity contribution in [2.45, 2.75) is 25.8 Å². The molecule has 1 atom stereocenters. The molecule has 96 valence electrons. The Bertz CT molecular complexity index is 462. The van der Waals surface area contributed by atoms with Crippen LogP contribution < -0.4 is 5.32 Å². The van der Waals surface area contributed by atoms with Crippen molar-refractivity contribution in [3.05, 3.63) is 53.9 Å². The average molecular weight is 243 g/mol. The fourth-order valence-corrected chi connectivity index (χ4v) is 2.04. The average Bonchev–Trinajstić information content (AvgIpc) is 2.82. The first-order valence-electron chi connectivity index (χ1n) is 6.51. The van der Waals surface area contributed by atoms with Crippen molar-refractivity contribution < 1.29 is 0 Å². The molecule has 0 fully saturated rings. The van der Waals surface area contributed by atoms with Gasteiger partial charge in [0.15, 0.2) is 0 Å². The minimum atomic E-state index is 0.370. The SMILES string of the molecule is CC(NCCCc1ccccc1)c1cnn(C)c1. The van der Waals surface area contributed by atoms with E-state index in [1.54, 1.807) is 0 Å². The van der Waals surface area contributed by atoms with Gasteiger partial charge in [0.1, 0.15) is 0 Å². The first-order valence-corrected chi connectivity index (χ1v) is 6.51. The fourth-order valence-electron chi connectivity index (χ4n) is 2.04. The molecule has 3 heteroatoms. The highest BCUT2D eigenvalue weighted by Gasteiger charge is 2.05. The van der Waals surface area contributed by atoms with E-state index in [0.29, 0.717) is 6.04 Å². The van der Waals surface area contributed by atoms with E-state index in [1.807, 2.05) is 17.9 Å². The van der Waals surface area contributed by atoms with E-state index >= 15 is 0 Å². The van der Waals surface area contributed by atoms with E-state index in [4.69, 9.17) is 0 Å². The standard InChI is InChI=1S/C15H21N3/c1-13(15-11-17-18(2)12-15)16-10-6-9-14-7-4-3-5-8-14/h3-5,7-8,11-13,16H,6,9-10H2,1-2H3. The summed E-state index contributed by atoms with van der Waals surface area (Å²) in [6.45, 7) is 3.21. The van der Waals surface area contributed by atoms with Crippen LogP contribution in [0.2, 0.25) is 0 Å². The monoisotopic (exact) mass is 243 g/mol. The molecule has 3 nitrogen and oxygen atoms in total. The van der Waals surface area contributed by atoms with E-state index in [0.717, 1.165) is 19.4 Å². The molecule has 0 spiro atoms. The van der Waals surface area contributed by atoms with Crippen molar-refractivity contribution in [2.24, 2.45) is 7.05 Å². The van der Waals surface area contributed by atoms with Gasteiger partial charge in [0.05, 0.1) is 6.20 Å². The van der Waals surface area contributed by atoms with Crippen LogP contribution in [0.25, 0.3) is 0 Å². The van der Waals surface area contributed by atoms with Crippen molar-refractivity contribution >= 4 is 0 Å². The molecular formula is C15H21N3. The lowest BCUT2D eigenvalue weighted by atomic mass is 10.1. The highest BCUT2D eigenvalue weighted by molar-refractivity contribution is 5.14. The molecule has 2 rings (SSSR count). The van der Waals surface area contributed by atoms with Gasteiger partial charge in [0.25, 0.3) is 0 Å². The molecule has 2 aromatic rings. The maximum absolute atomic E-state index is 4.19. The minimum absolute atomic E-state index is 0.370. The number of benzene rings is 1. The van der Waals surface area contributed by atoms with Gasteiger partial charge in [-0.3, -0.25) is 4.68 Å². The number of nitrogens with one attached hydrogen (secondary N) is 1. The van der Waals surface area contributed by atoms with Crippen LogP contribution in [-0.2, 0) is 13.5 Å². The lowest BCUT2D eigenvalue weighted by Crippen LogP contribution is -2.19. The fraction of sp³-hybridized carbons (Fsp3) is 0.400. The summed E-state index contributed by atoms with van der Waals surface area (Å²) >= 11 is 0. The van der Waals surface area contributed by atoms with Gasteiger partial charge in [-0.2, -0.15) is 5.10 Å². The molecular weight excluding hydrogens is 222 g/mol. The number of aromatic nitrogens is 2. The molecule has 18 heavy (non-hydrogen) atoms. The Balaban J connectivity index is 1.69. The molecule has 1 aromatic heterocycles. The predicted octanol–water partition coefficient (Wildman–Crippen LogP) is 2.70. The summed E-state index contributed by atoms with van der Waals surface area (Å²) in [7, 11) is 1.95. The molecule has 0 aliphatic carbocycles. The van der Waals surface area contributed by atoms with Crippen LogP contribution in [0.15, 0.2) is 42.7 Å². The number of aryl methyl sites for hydroxylation is 2. The molecule has 1 aromatic carbocycles. The number of nitrogens with zero attached hydrogens (tertiary/aromatic N) is 2. The van der Waals surface area contributed by atoms with Crippen molar-refractivity contribution in [3.63, 3.8) is 0 Å². The Morgan fingerprint density at radius 3 is 2.72 bits per heavy atom. The smallest absolute Gasteiger partial charge is 0.0537 e. The van der Waals surface area contributed by atoms with Gasteiger partial charge in [0.2, 0.25) is 0 Å². The van der Waals surface area contributed by atoms with Crippen molar-refractivity contribution in [2.75, 3.05) is 6.54 Å². The Hall–Kier alpha value is -1.61. The van der Waals surface area contributed by atoms with Gasteiger partial charge in [-0.05, 0) is 31.9 Å². The summed E-state index contributed by atoms with van der Waals surface area (Å²) in [5.41, 5.74) is 2.66. The van der Waals surface area contributed by atoms with E-state index in [-0.39, 0.29) is 0 Å². The van der Waals surface area contributed by atoms with Gasteiger partial charge >= 0.3 is 0 Å². The largest absolute Gasteiger partial charge is 0.310 e. The number of hydrogen-bond acceptors (Lipinski definition) is 2. The highest BCUT2D eigenvalue weighted by Crippen LogP contribution is 2.10. The Kier molecular flexibility index (Phi) is 4.53. The molecule has 1 unspecified atom stereocenters. The van der Waals surface area contributed by atoms with Gasteiger partial charge in [-0.1, -0.05) is 30.3 Å². The molecule has 0 aliphatic rings. The maximum atomic E-state index is 4.19. The van der Waals surface area contributed by atoms with Crippen LogP contribution in [0.1, 0.15) is 30.5 Å². The first-order chi connectivity index (χ1) is 8.75. The second-order valence-electron chi connectivity index (χ2n) is 4.71. The molecule has 1 heterocycles. The Labute approximate surface area is 109 Å². The lowest BCUT2D eigenvalue weighted by molar-refractivity contribution is 0.558. The molecule has 0 amide bonds. The summed E-state index contributed by atoms with van der Waals surface area (Å²) in [5.74, 6) is 0. The number of hydrogen-bond donors (Lipinski definition) is 1. The van der Waals surface area contributed by atoms with E-state index in [9.17, 15) is 0 Å². The predicted molar refractivity (Wildman–Crippen MR) is 74.4 cm³/mol. The quantitative estimate of drug-likeness (QED) is 0.791. The highest BCUT2D eigenvalue weighted by atomic mass is 15.2. The third-order valence-electron chi connectivity index (χ3n) is 3.16. The third kappa shape index (κ3) is 3.70. The molecule has 0 saturated carbocycles. The minimum Gasteiger partial charge on any atom is -0.310 e. The molecule has 0 aliphatic heterocycles. The van der Waals surface area contributed by atoms with Crippen LogP contribution in [0.3, 0.4) is 0 Å². The zero-order valence-electron chi connectivity index (χ0n) is 11.1. The molecule has 0 bridgehead atoms. The van der Waals surface area contributed by atoms with E-state index < -0.39 is 0 Å². The van der Waals surface area contributed by atoms with Gasteiger partial charge in [-0.25, -0.2) is 0 Å². The molecule has 1 N–H and O–H groups in total. The van der Waals surface area contributed by atoms with E-state index in [1.165, 1.54) is 11.1 Å². The van der Waals surface area contributed by atoms with Crippen LogP contribution in [0.5, 0.6) is 0 Å². The summed E-state index contributed by atoms with van der Waals surface area (Å²) in [6, 6.07) is 11.0. The van der Waals surface area contributed by atoms with Crippen LogP contribution in [0.4, 0.5) is 0 Å². The maximum Gasteiger partial charge on any atom is 0.0537 e. The first kappa shape index (κ1) is 12.8. The molecule has 0 saturated heterocycles. The topological polar surface area (TPSA) is 29.9 Å². The van der Waals surface area contributed by atoms with Crippen LogP contribution in [0, 0.1) is 0 Å². The Morgan fingerprint density at radius 1 is 1.28 bits per heavy atom. The van der Waals surface area contributed by atoms with Crippen LogP contribution >= 0.6 is 0 Å². The second kappa shape index (κ2) is 6.36. The zero-order valence-corrected chi connectivity index (χ0v) is 11.1. The summed E-state index contributed by atoms with van der Waals surface area (Å²) in [4.78, 5) is 0. The summed E-state index contributed by atoms with van der Waals surface area (Å²) in [6.07, 6.45) is 6.28. The summed E-state index contributed by atoms with van der Waals surface area (Å²) < 4.78 is 1.84. The molecule has 0 radical (unpaired) electrons. The number of rotatable bonds is 6. The van der Waals surface area contributed by atoms with Crippen molar-refractivity contribution in [1.29, 1.82) is 0 Å². The summed E-state index contributed by atoms with van der Waals surface area (Å²) in [5, 5.41) is 7.72. The van der Waals surface area contributed by atoms with Crippen LogP contribution in [-0.4, -0.2) is 16.3 Å². The van der Waals surface area contributed by atoms with Crippen molar-refractivity contribution in [1.82, 2.24) is 15.1 Å². The normalized spacial score (nSPS) is 12.6.